The minimum atomic E-state index is -0.792. The van der Waals surface area contributed by atoms with E-state index in [4.69, 9.17) is 0 Å². The van der Waals surface area contributed by atoms with Gasteiger partial charge in [-0.1, -0.05) is 27.2 Å². The Bertz CT molecular complexity index is 380. The van der Waals surface area contributed by atoms with Crippen LogP contribution in [0.25, 0.3) is 0 Å². The molecule has 1 saturated heterocycles. The summed E-state index contributed by atoms with van der Waals surface area (Å²) in [7, 11) is 0. The summed E-state index contributed by atoms with van der Waals surface area (Å²) in [5.41, 5.74) is 0. The van der Waals surface area contributed by atoms with Crippen LogP contribution in [0, 0.1) is 23.7 Å². The lowest BCUT2D eigenvalue weighted by molar-refractivity contribution is -0.149. The van der Waals surface area contributed by atoms with Crippen molar-refractivity contribution in [3.05, 3.63) is 0 Å². The van der Waals surface area contributed by atoms with E-state index in [1.807, 2.05) is 4.90 Å². The third kappa shape index (κ3) is 2.84. The zero-order valence-corrected chi connectivity index (χ0v) is 12.8. The molecule has 2 aliphatic rings. The van der Waals surface area contributed by atoms with Crippen LogP contribution in [-0.4, -0.2) is 34.5 Å². The summed E-state index contributed by atoms with van der Waals surface area (Å²) >= 11 is 0. The first-order valence-electron chi connectivity index (χ1n) is 7.99. The predicted molar refractivity (Wildman–Crippen MR) is 77.2 cm³/mol. The highest BCUT2D eigenvalue weighted by atomic mass is 16.4. The van der Waals surface area contributed by atoms with Crippen molar-refractivity contribution < 1.29 is 14.7 Å². The maximum atomic E-state index is 12.8. The number of nitrogens with zero attached hydrogens (tertiary/aromatic N) is 1. The van der Waals surface area contributed by atoms with Gasteiger partial charge < -0.3 is 10.0 Å². The molecule has 2 rings (SSSR count). The molecule has 20 heavy (non-hydrogen) atoms. The van der Waals surface area contributed by atoms with Gasteiger partial charge in [-0.05, 0) is 37.5 Å². The van der Waals surface area contributed by atoms with Gasteiger partial charge in [0.15, 0.2) is 0 Å². The van der Waals surface area contributed by atoms with Gasteiger partial charge in [0.2, 0.25) is 5.91 Å². The van der Waals surface area contributed by atoms with Crippen LogP contribution >= 0.6 is 0 Å². The summed E-state index contributed by atoms with van der Waals surface area (Å²) in [5, 5.41) is 9.39. The van der Waals surface area contributed by atoms with Gasteiger partial charge in [0, 0.05) is 12.6 Å². The van der Waals surface area contributed by atoms with E-state index in [-0.39, 0.29) is 11.8 Å². The van der Waals surface area contributed by atoms with E-state index in [1.54, 1.807) is 0 Å². The van der Waals surface area contributed by atoms with Crippen molar-refractivity contribution in [2.75, 3.05) is 6.54 Å². The normalized spacial score (nSPS) is 33.9. The number of hydrogen-bond acceptors (Lipinski definition) is 2. The van der Waals surface area contributed by atoms with Crippen molar-refractivity contribution >= 4 is 11.9 Å². The molecule has 1 amide bonds. The maximum absolute atomic E-state index is 12.8. The van der Waals surface area contributed by atoms with Crippen molar-refractivity contribution in [1.82, 2.24) is 4.90 Å². The Balaban J connectivity index is 2.12. The molecule has 0 spiro atoms. The van der Waals surface area contributed by atoms with Crippen LogP contribution in [0.4, 0.5) is 0 Å². The molecule has 114 valence electrons. The summed E-state index contributed by atoms with van der Waals surface area (Å²) in [6.45, 7) is 7.19. The molecule has 4 heteroatoms. The summed E-state index contributed by atoms with van der Waals surface area (Å²) in [4.78, 5) is 26.2. The molecule has 0 radical (unpaired) electrons. The Hall–Kier alpha value is -1.06. The second-order valence-electron chi connectivity index (χ2n) is 6.78. The number of hydrogen-bond donors (Lipinski definition) is 1. The van der Waals surface area contributed by atoms with Crippen LogP contribution in [0.1, 0.15) is 52.9 Å². The first kappa shape index (κ1) is 15.3. The molecule has 2 unspecified atom stereocenters. The fourth-order valence-corrected chi connectivity index (χ4v) is 3.99. The number of likely N-dealkylation sites (tertiary alicyclic amines) is 1. The third-order valence-electron chi connectivity index (χ3n) is 5.22. The number of rotatable bonds is 4. The molecule has 0 aromatic rings. The topological polar surface area (TPSA) is 57.6 Å². The van der Waals surface area contributed by atoms with Crippen molar-refractivity contribution in [3.63, 3.8) is 0 Å². The lowest BCUT2D eigenvalue weighted by Gasteiger charge is -2.31. The number of aliphatic carboxylic acids is 1. The molecular formula is C16H27NO3. The van der Waals surface area contributed by atoms with Gasteiger partial charge in [0.25, 0.3) is 0 Å². The molecule has 2 fully saturated rings. The predicted octanol–water partition coefficient (Wildman–Crippen LogP) is 2.77. The fraction of sp³-hybridized carbons (Fsp3) is 0.875. The quantitative estimate of drug-likeness (QED) is 0.862. The van der Waals surface area contributed by atoms with Crippen LogP contribution in [0.5, 0.6) is 0 Å². The van der Waals surface area contributed by atoms with Gasteiger partial charge >= 0.3 is 5.97 Å². The molecular weight excluding hydrogens is 254 g/mol. The van der Waals surface area contributed by atoms with E-state index in [0.29, 0.717) is 24.3 Å². The van der Waals surface area contributed by atoms with Crippen LogP contribution in [0.3, 0.4) is 0 Å². The molecule has 4 atom stereocenters. The van der Waals surface area contributed by atoms with E-state index < -0.39 is 11.9 Å². The molecule has 0 aromatic heterocycles. The standard InChI is InChI=1S/C16H27NO3/c1-4-11-8-12(13(9-11)16(19)20)15(18)17-7-5-6-14(17)10(2)3/h10-14H,4-9H2,1-3H3,(H,19,20)/t11?,12-,13+,14?/m0/s1. The Morgan fingerprint density at radius 2 is 1.90 bits per heavy atom. The van der Waals surface area contributed by atoms with Gasteiger partial charge in [-0.3, -0.25) is 9.59 Å². The smallest absolute Gasteiger partial charge is 0.307 e. The minimum absolute atomic E-state index is 0.101. The lowest BCUT2D eigenvalue weighted by atomic mass is 9.93. The van der Waals surface area contributed by atoms with Gasteiger partial charge in [0.1, 0.15) is 0 Å². The van der Waals surface area contributed by atoms with Gasteiger partial charge in [-0.2, -0.15) is 0 Å². The number of carboxylic acids is 1. The molecule has 4 nitrogen and oxygen atoms in total. The monoisotopic (exact) mass is 281 g/mol. The summed E-state index contributed by atoms with van der Waals surface area (Å²) in [5.74, 6) is -0.611. The SMILES string of the molecule is CCC1C[C@H](C(=O)N2CCCC2C(C)C)[C@H](C(=O)O)C1. The first-order chi connectivity index (χ1) is 9.45. The number of carboxylic acid groups (broad SMARTS) is 1. The van der Waals surface area contributed by atoms with Crippen molar-refractivity contribution in [3.8, 4) is 0 Å². The molecule has 1 N–H and O–H groups in total. The van der Waals surface area contributed by atoms with E-state index in [0.717, 1.165) is 32.2 Å². The molecule has 1 aliphatic carbocycles. The fourth-order valence-electron chi connectivity index (χ4n) is 3.99. The summed E-state index contributed by atoms with van der Waals surface area (Å²) < 4.78 is 0. The summed E-state index contributed by atoms with van der Waals surface area (Å²) in [6.07, 6.45) is 4.51. The van der Waals surface area contributed by atoms with Gasteiger partial charge in [-0.15, -0.1) is 0 Å². The van der Waals surface area contributed by atoms with Gasteiger partial charge in [-0.25, -0.2) is 0 Å². The van der Waals surface area contributed by atoms with Crippen LogP contribution in [0.15, 0.2) is 0 Å². The lowest BCUT2D eigenvalue weighted by Crippen LogP contribution is -2.43. The van der Waals surface area contributed by atoms with Crippen LogP contribution in [-0.2, 0) is 9.59 Å². The molecule has 0 bridgehead atoms. The number of carbonyl (C=O) groups is 2. The molecule has 1 aliphatic heterocycles. The van der Waals surface area contributed by atoms with Crippen molar-refractivity contribution in [2.24, 2.45) is 23.7 Å². The average molecular weight is 281 g/mol. The number of carbonyl (C=O) groups excluding carboxylic acids is 1. The Kier molecular flexibility index (Phi) is 4.71. The maximum Gasteiger partial charge on any atom is 0.307 e. The second kappa shape index (κ2) is 6.15. The molecule has 0 aromatic carbocycles. The highest BCUT2D eigenvalue weighted by Crippen LogP contribution is 2.40. The average Bonchev–Trinajstić information content (AvgIpc) is 3.04. The second-order valence-corrected chi connectivity index (χ2v) is 6.78. The van der Waals surface area contributed by atoms with E-state index in [1.165, 1.54) is 0 Å². The zero-order valence-electron chi connectivity index (χ0n) is 12.8. The van der Waals surface area contributed by atoms with E-state index in [9.17, 15) is 14.7 Å². The third-order valence-corrected chi connectivity index (χ3v) is 5.22. The molecule has 1 saturated carbocycles. The molecule has 1 heterocycles. The minimum Gasteiger partial charge on any atom is -0.481 e. The highest BCUT2D eigenvalue weighted by Gasteiger charge is 2.45. The zero-order chi connectivity index (χ0) is 14.9. The largest absolute Gasteiger partial charge is 0.481 e. The van der Waals surface area contributed by atoms with Crippen molar-refractivity contribution in [1.29, 1.82) is 0 Å². The summed E-state index contributed by atoms with van der Waals surface area (Å²) in [6, 6.07) is 0.303. The van der Waals surface area contributed by atoms with Gasteiger partial charge in [0.05, 0.1) is 11.8 Å². The highest BCUT2D eigenvalue weighted by molar-refractivity contribution is 5.85. The number of amides is 1. The first-order valence-corrected chi connectivity index (χ1v) is 7.99. The van der Waals surface area contributed by atoms with E-state index >= 15 is 0 Å². The van der Waals surface area contributed by atoms with E-state index in [2.05, 4.69) is 20.8 Å². The Morgan fingerprint density at radius 3 is 2.45 bits per heavy atom. The Morgan fingerprint density at radius 1 is 1.25 bits per heavy atom. The van der Waals surface area contributed by atoms with Crippen molar-refractivity contribution in [2.45, 2.75) is 58.9 Å². The Labute approximate surface area is 121 Å². The van der Waals surface area contributed by atoms with Crippen LogP contribution < -0.4 is 0 Å². The van der Waals surface area contributed by atoms with Crippen LogP contribution in [0.2, 0.25) is 0 Å².